The highest BCUT2D eigenvalue weighted by Crippen LogP contribution is 2.31. The fourth-order valence-corrected chi connectivity index (χ4v) is 8.40. The molecule has 2 fully saturated rings. The summed E-state index contributed by atoms with van der Waals surface area (Å²) >= 11 is 0. The molecule has 340 valence electrons. The zero-order valence-electron chi connectivity index (χ0n) is 36.6. The molecule has 11 heteroatoms. The fraction of sp³-hybridized carbons (Fsp3) is 1.00. The second-order valence-corrected chi connectivity index (χ2v) is 17.9. The van der Waals surface area contributed by atoms with Crippen LogP contribution in [0.25, 0.3) is 0 Å². The molecule has 0 aromatic rings. The highest BCUT2D eigenvalue weighted by molar-refractivity contribution is 4.94. The second-order valence-electron chi connectivity index (χ2n) is 17.9. The van der Waals surface area contributed by atoms with Gasteiger partial charge in [0, 0.05) is 0 Å². The standard InChI is InChI=1S/C46H90O11/c1-4-5-6-7-8-9-10-11-12-16-19-22-25-28-31-36(32-29-26-23-20-17-14-13-15-18-21-24-27-30-35(2)3)54-45-43(53)41(51)44(38(34-48)56-45)57-46-42(52)40(50)39(49)37(33-47)55-46/h35-53H,4-34H2,1-3H3/t36?,37-,38-,39+,40-,41+,42-,43-,44-,45+,46+/m0/s1. The Labute approximate surface area is 347 Å². The minimum absolute atomic E-state index is 0.183. The van der Waals surface area contributed by atoms with Gasteiger partial charge in [-0.2, -0.15) is 0 Å². The molecule has 2 saturated heterocycles. The van der Waals surface area contributed by atoms with Crippen LogP contribution in [-0.4, -0.2) is 116 Å². The highest BCUT2D eigenvalue weighted by atomic mass is 16.7. The van der Waals surface area contributed by atoms with E-state index in [9.17, 15) is 35.7 Å². The van der Waals surface area contributed by atoms with Crippen molar-refractivity contribution in [2.45, 2.75) is 274 Å². The third-order valence-electron chi connectivity index (χ3n) is 12.2. The maximum absolute atomic E-state index is 11.2. The van der Waals surface area contributed by atoms with Gasteiger partial charge in [0.15, 0.2) is 12.6 Å². The van der Waals surface area contributed by atoms with Crippen molar-refractivity contribution < 1.29 is 54.7 Å². The van der Waals surface area contributed by atoms with Crippen LogP contribution >= 0.6 is 0 Å². The average molecular weight is 819 g/mol. The SMILES string of the molecule is CCCCCCCCCCCCCCCCC(CCCCCCCCCCCCCCC(C)C)O[C@@H]1O[C@@H](CO)[C@H](O[C@H]2O[C@@H](CO)[C@@H](O)[C@H](O)[C@@H]2O)[C@H](O)[C@@H]1O. The van der Waals surface area contributed by atoms with Gasteiger partial charge in [0.1, 0.15) is 48.8 Å². The van der Waals surface area contributed by atoms with Crippen LogP contribution in [0.15, 0.2) is 0 Å². The molecule has 2 aliphatic heterocycles. The largest absolute Gasteiger partial charge is 0.394 e. The molecule has 2 heterocycles. The quantitative estimate of drug-likeness (QED) is 0.0305. The van der Waals surface area contributed by atoms with E-state index in [0.29, 0.717) is 0 Å². The van der Waals surface area contributed by atoms with Gasteiger partial charge in [0.05, 0.1) is 19.3 Å². The van der Waals surface area contributed by atoms with Gasteiger partial charge in [-0.3, -0.25) is 0 Å². The maximum atomic E-state index is 11.2. The van der Waals surface area contributed by atoms with E-state index in [4.69, 9.17) is 18.9 Å². The lowest BCUT2D eigenvalue weighted by Gasteiger charge is -2.46. The van der Waals surface area contributed by atoms with Gasteiger partial charge in [0.2, 0.25) is 0 Å². The van der Waals surface area contributed by atoms with Crippen molar-refractivity contribution in [3.8, 4) is 0 Å². The van der Waals surface area contributed by atoms with E-state index in [1.807, 2.05) is 0 Å². The monoisotopic (exact) mass is 819 g/mol. The number of aliphatic hydroxyl groups is 7. The molecule has 2 aliphatic rings. The first-order chi connectivity index (χ1) is 27.6. The Morgan fingerprint density at radius 2 is 0.789 bits per heavy atom. The van der Waals surface area contributed by atoms with Gasteiger partial charge in [-0.25, -0.2) is 0 Å². The Morgan fingerprint density at radius 3 is 1.19 bits per heavy atom. The van der Waals surface area contributed by atoms with Crippen LogP contribution in [-0.2, 0) is 18.9 Å². The smallest absolute Gasteiger partial charge is 0.187 e. The van der Waals surface area contributed by atoms with Crippen LogP contribution in [0.3, 0.4) is 0 Å². The molecule has 57 heavy (non-hydrogen) atoms. The van der Waals surface area contributed by atoms with Crippen LogP contribution < -0.4 is 0 Å². The summed E-state index contributed by atoms with van der Waals surface area (Å²) < 4.78 is 23.6. The Hall–Kier alpha value is -0.440. The zero-order chi connectivity index (χ0) is 41.7. The first-order valence-electron chi connectivity index (χ1n) is 23.9. The van der Waals surface area contributed by atoms with E-state index < -0.39 is 74.6 Å². The normalized spacial score (nSPS) is 28.7. The number of rotatable bonds is 36. The molecule has 11 nitrogen and oxygen atoms in total. The first kappa shape index (κ1) is 52.7. The van der Waals surface area contributed by atoms with E-state index >= 15 is 0 Å². The van der Waals surface area contributed by atoms with Gasteiger partial charge in [-0.15, -0.1) is 0 Å². The molecule has 2 rings (SSSR count). The Morgan fingerprint density at radius 1 is 0.421 bits per heavy atom. The molecule has 0 aromatic carbocycles. The number of hydrogen-bond donors (Lipinski definition) is 7. The number of unbranched alkanes of at least 4 members (excludes halogenated alkanes) is 24. The molecular weight excluding hydrogens is 728 g/mol. The maximum Gasteiger partial charge on any atom is 0.187 e. The van der Waals surface area contributed by atoms with Gasteiger partial charge >= 0.3 is 0 Å². The minimum atomic E-state index is -1.70. The van der Waals surface area contributed by atoms with E-state index in [1.54, 1.807) is 0 Å². The predicted molar refractivity (Wildman–Crippen MR) is 226 cm³/mol. The Bertz CT molecular complexity index is 908. The summed E-state index contributed by atoms with van der Waals surface area (Å²) in [4.78, 5) is 0. The summed E-state index contributed by atoms with van der Waals surface area (Å²) in [6, 6.07) is 0. The van der Waals surface area contributed by atoms with Crippen molar-refractivity contribution in [2.75, 3.05) is 13.2 Å². The molecule has 1 unspecified atom stereocenters. The molecule has 0 amide bonds. The third kappa shape index (κ3) is 22.3. The Kier molecular flexibility index (Phi) is 30.7. The molecule has 0 saturated carbocycles. The van der Waals surface area contributed by atoms with E-state index in [1.165, 1.54) is 148 Å². The summed E-state index contributed by atoms with van der Waals surface area (Å²) in [5.41, 5.74) is 0. The van der Waals surface area contributed by atoms with Gasteiger partial charge < -0.3 is 54.7 Å². The summed E-state index contributed by atoms with van der Waals surface area (Å²) in [5.74, 6) is 0.816. The number of aliphatic hydroxyl groups excluding tert-OH is 7. The van der Waals surface area contributed by atoms with Gasteiger partial charge in [0.25, 0.3) is 0 Å². The van der Waals surface area contributed by atoms with Crippen LogP contribution in [0.5, 0.6) is 0 Å². The van der Waals surface area contributed by atoms with E-state index in [0.717, 1.165) is 44.4 Å². The third-order valence-corrected chi connectivity index (χ3v) is 12.2. The van der Waals surface area contributed by atoms with Crippen molar-refractivity contribution in [1.29, 1.82) is 0 Å². The van der Waals surface area contributed by atoms with Crippen LogP contribution in [0.2, 0.25) is 0 Å². The summed E-state index contributed by atoms with van der Waals surface area (Å²) in [6.07, 6.45) is 21.6. The molecular formula is C46H90O11. The van der Waals surface area contributed by atoms with Gasteiger partial charge in [-0.1, -0.05) is 194 Å². The lowest BCUT2D eigenvalue weighted by molar-refractivity contribution is -0.363. The Balaban J connectivity index is 1.80. The van der Waals surface area contributed by atoms with Crippen molar-refractivity contribution in [1.82, 2.24) is 0 Å². The number of hydrogen-bond acceptors (Lipinski definition) is 11. The lowest BCUT2D eigenvalue weighted by Crippen LogP contribution is -2.64. The van der Waals surface area contributed by atoms with Crippen molar-refractivity contribution in [3.05, 3.63) is 0 Å². The van der Waals surface area contributed by atoms with Gasteiger partial charge in [-0.05, 0) is 18.8 Å². The molecule has 7 N–H and O–H groups in total. The summed E-state index contributed by atoms with van der Waals surface area (Å²) in [7, 11) is 0. The molecule has 0 radical (unpaired) electrons. The van der Waals surface area contributed by atoms with Crippen molar-refractivity contribution >= 4 is 0 Å². The minimum Gasteiger partial charge on any atom is -0.394 e. The second kappa shape index (κ2) is 33.2. The highest BCUT2D eigenvalue weighted by Gasteiger charge is 2.51. The topological polar surface area (TPSA) is 179 Å². The van der Waals surface area contributed by atoms with Crippen LogP contribution in [0, 0.1) is 5.92 Å². The predicted octanol–water partition coefficient (Wildman–Crippen LogP) is 7.98. The summed E-state index contributed by atoms with van der Waals surface area (Å²) in [6.45, 7) is 5.65. The number of ether oxygens (including phenoxy) is 4. The lowest BCUT2D eigenvalue weighted by atomic mass is 9.96. The first-order valence-corrected chi connectivity index (χ1v) is 23.9. The molecule has 0 spiro atoms. The molecule has 0 aliphatic carbocycles. The fourth-order valence-electron chi connectivity index (χ4n) is 8.40. The van der Waals surface area contributed by atoms with E-state index in [-0.39, 0.29) is 6.10 Å². The summed E-state index contributed by atoms with van der Waals surface area (Å²) in [5, 5.41) is 72.9. The van der Waals surface area contributed by atoms with Crippen LogP contribution in [0.4, 0.5) is 0 Å². The van der Waals surface area contributed by atoms with E-state index in [2.05, 4.69) is 20.8 Å². The zero-order valence-corrected chi connectivity index (χ0v) is 36.6. The molecule has 0 bridgehead atoms. The average Bonchev–Trinajstić information content (AvgIpc) is 3.20. The van der Waals surface area contributed by atoms with Crippen molar-refractivity contribution in [3.63, 3.8) is 0 Å². The molecule has 11 atom stereocenters. The molecule has 0 aromatic heterocycles. The van der Waals surface area contributed by atoms with Crippen LogP contribution in [0.1, 0.15) is 207 Å². The van der Waals surface area contributed by atoms with Crippen molar-refractivity contribution in [2.24, 2.45) is 5.92 Å².